The molecule has 0 radical (unpaired) electrons. The lowest BCUT2D eigenvalue weighted by Crippen LogP contribution is -2.12. The number of carbonyl (C=O) groups excluding carboxylic acids is 1. The molecular weight excluding hydrogens is 268 g/mol. The van der Waals surface area contributed by atoms with Crippen molar-refractivity contribution < 1.29 is 9.53 Å². The highest BCUT2D eigenvalue weighted by Crippen LogP contribution is 2.24. The fourth-order valence-electron chi connectivity index (χ4n) is 2.25. The number of nitrogens with two attached hydrogens (primary N) is 1. The minimum Gasteiger partial charge on any atom is -0.481 e. The van der Waals surface area contributed by atoms with Crippen LogP contribution in [-0.4, -0.2) is 27.8 Å². The number of amides is 1. The molecule has 0 atom stereocenters. The number of methoxy groups -OCH3 is 1. The van der Waals surface area contributed by atoms with E-state index in [1.807, 2.05) is 31.2 Å². The third kappa shape index (κ3) is 2.20. The molecule has 0 spiro atoms. The number of ether oxygens (including phenoxy) is 1. The smallest absolute Gasteiger partial charge is 0.269 e. The van der Waals surface area contributed by atoms with Gasteiger partial charge in [0, 0.05) is 11.5 Å². The van der Waals surface area contributed by atoms with Crippen molar-refractivity contribution in [2.45, 2.75) is 6.92 Å². The van der Waals surface area contributed by atoms with E-state index in [1.165, 1.54) is 7.11 Å². The number of fused-ring (bicyclic) bond motifs is 1. The van der Waals surface area contributed by atoms with Gasteiger partial charge in [-0.1, -0.05) is 12.1 Å². The van der Waals surface area contributed by atoms with Gasteiger partial charge in [0.25, 0.3) is 5.91 Å². The van der Waals surface area contributed by atoms with Crippen LogP contribution in [0.2, 0.25) is 0 Å². The lowest BCUT2D eigenvalue weighted by Gasteiger charge is -2.04. The zero-order chi connectivity index (χ0) is 15.0. The van der Waals surface area contributed by atoms with Gasteiger partial charge in [0.2, 0.25) is 5.88 Å². The molecule has 0 aliphatic rings. The zero-order valence-electron chi connectivity index (χ0n) is 11.7. The fraction of sp³-hybridized carbons (Fsp3) is 0.133. The van der Waals surface area contributed by atoms with Crippen LogP contribution >= 0.6 is 0 Å². The molecule has 0 fully saturated rings. The van der Waals surface area contributed by atoms with E-state index in [1.54, 1.807) is 16.9 Å². The van der Waals surface area contributed by atoms with E-state index in [2.05, 4.69) is 10.1 Å². The number of carbonyl (C=O) groups is 1. The Morgan fingerprint density at radius 2 is 2.14 bits per heavy atom. The molecule has 2 aromatic heterocycles. The van der Waals surface area contributed by atoms with Crippen molar-refractivity contribution in [3.63, 3.8) is 0 Å². The highest BCUT2D eigenvalue weighted by atomic mass is 16.5. The summed E-state index contributed by atoms with van der Waals surface area (Å²) in [6.45, 7) is 1.99. The zero-order valence-corrected chi connectivity index (χ0v) is 11.7. The molecule has 0 bridgehead atoms. The van der Waals surface area contributed by atoms with Gasteiger partial charge in [0.05, 0.1) is 24.5 Å². The van der Waals surface area contributed by atoms with E-state index in [0.29, 0.717) is 16.8 Å². The molecule has 3 rings (SSSR count). The molecule has 0 aliphatic heterocycles. The average molecular weight is 282 g/mol. The van der Waals surface area contributed by atoms with Crippen molar-refractivity contribution in [2.75, 3.05) is 7.11 Å². The quantitative estimate of drug-likeness (QED) is 0.794. The number of hydrogen-bond acceptors (Lipinski definition) is 4. The van der Waals surface area contributed by atoms with Gasteiger partial charge in [0.15, 0.2) is 5.69 Å². The van der Waals surface area contributed by atoms with Crippen LogP contribution in [0, 0.1) is 6.92 Å². The summed E-state index contributed by atoms with van der Waals surface area (Å²) in [5.41, 5.74) is 8.26. The van der Waals surface area contributed by atoms with Crippen molar-refractivity contribution >= 4 is 16.8 Å². The molecule has 1 amide bonds. The molecule has 6 heteroatoms. The first kappa shape index (κ1) is 13.1. The lowest BCUT2D eigenvalue weighted by molar-refractivity contribution is 0.0996. The van der Waals surface area contributed by atoms with Crippen LogP contribution in [0.1, 0.15) is 16.1 Å². The summed E-state index contributed by atoms with van der Waals surface area (Å²) in [5.74, 6) is -0.173. The summed E-state index contributed by atoms with van der Waals surface area (Å²) in [7, 11) is 1.52. The van der Waals surface area contributed by atoms with Gasteiger partial charge < -0.3 is 10.5 Å². The molecule has 6 nitrogen and oxygen atoms in total. The Hall–Kier alpha value is -2.89. The predicted molar refractivity (Wildman–Crippen MR) is 78.7 cm³/mol. The van der Waals surface area contributed by atoms with Crippen LogP contribution in [0.5, 0.6) is 5.88 Å². The minimum absolute atomic E-state index is 0.201. The van der Waals surface area contributed by atoms with Gasteiger partial charge in [-0.3, -0.25) is 4.79 Å². The topological polar surface area (TPSA) is 83.0 Å². The van der Waals surface area contributed by atoms with Gasteiger partial charge in [-0.25, -0.2) is 9.67 Å². The molecule has 2 heterocycles. The molecule has 21 heavy (non-hydrogen) atoms. The van der Waals surface area contributed by atoms with E-state index >= 15 is 0 Å². The second-order valence-electron chi connectivity index (χ2n) is 4.71. The Kier molecular flexibility index (Phi) is 3.06. The van der Waals surface area contributed by atoms with Crippen molar-refractivity contribution in [2.24, 2.45) is 5.73 Å². The summed E-state index contributed by atoms with van der Waals surface area (Å²) in [4.78, 5) is 15.8. The van der Waals surface area contributed by atoms with E-state index in [-0.39, 0.29) is 5.69 Å². The predicted octanol–water partition coefficient (Wildman–Crippen LogP) is 1.84. The first-order chi connectivity index (χ1) is 10.1. The van der Waals surface area contributed by atoms with E-state index in [4.69, 9.17) is 10.5 Å². The molecule has 0 saturated heterocycles. The fourth-order valence-corrected chi connectivity index (χ4v) is 2.25. The maximum atomic E-state index is 11.6. The molecule has 0 unspecified atom stereocenters. The standard InChI is InChI=1S/C15H14N4O2/c1-9-4-3-5-10(6-9)19-12-8-17-13(21-2)7-11(12)14(18-19)15(16)20/h3-8H,1-2H3,(H2,16,20). The highest BCUT2D eigenvalue weighted by molar-refractivity contribution is 6.04. The Balaban J connectivity index is 2.31. The number of primary amides is 1. The highest BCUT2D eigenvalue weighted by Gasteiger charge is 2.17. The van der Waals surface area contributed by atoms with E-state index in [0.717, 1.165) is 11.3 Å². The van der Waals surface area contributed by atoms with E-state index in [9.17, 15) is 4.79 Å². The SMILES string of the molecule is COc1cc2c(C(N)=O)nn(-c3cccc(C)c3)c2cn1. The summed E-state index contributed by atoms with van der Waals surface area (Å²) in [6.07, 6.45) is 1.62. The molecular formula is C15H14N4O2. The molecule has 106 valence electrons. The number of aromatic nitrogens is 3. The summed E-state index contributed by atoms with van der Waals surface area (Å²) >= 11 is 0. The van der Waals surface area contributed by atoms with Crippen molar-refractivity contribution in [3.05, 3.63) is 47.8 Å². The minimum atomic E-state index is -0.584. The molecule has 3 aromatic rings. The first-order valence-corrected chi connectivity index (χ1v) is 6.40. The van der Waals surface area contributed by atoms with Gasteiger partial charge in [0.1, 0.15) is 0 Å². The number of benzene rings is 1. The van der Waals surface area contributed by atoms with Gasteiger partial charge in [-0.15, -0.1) is 0 Å². The van der Waals surface area contributed by atoms with Crippen molar-refractivity contribution in [1.29, 1.82) is 0 Å². The van der Waals surface area contributed by atoms with Gasteiger partial charge in [-0.2, -0.15) is 5.10 Å². The Bertz CT molecular complexity index is 839. The Labute approximate surface area is 121 Å². The molecule has 2 N–H and O–H groups in total. The van der Waals surface area contributed by atoms with Crippen LogP contribution in [0.15, 0.2) is 36.5 Å². The maximum absolute atomic E-state index is 11.6. The Morgan fingerprint density at radius 1 is 1.33 bits per heavy atom. The van der Waals surface area contributed by atoms with Crippen LogP contribution < -0.4 is 10.5 Å². The van der Waals surface area contributed by atoms with Crippen LogP contribution in [0.4, 0.5) is 0 Å². The van der Waals surface area contributed by atoms with Crippen LogP contribution in [-0.2, 0) is 0 Å². The molecule has 1 aromatic carbocycles. The Morgan fingerprint density at radius 3 is 2.81 bits per heavy atom. The van der Waals surface area contributed by atoms with Crippen molar-refractivity contribution in [3.8, 4) is 11.6 Å². The third-order valence-electron chi connectivity index (χ3n) is 3.23. The second kappa shape index (κ2) is 4.90. The molecule has 0 saturated carbocycles. The molecule has 0 aliphatic carbocycles. The van der Waals surface area contributed by atoms with E-state index < -0.39 is 5.91 Å². The van der Waals surface area contributed by atoms with Crippen LogP contribution in [0.25, 0.3) is 16.6 Å². The number of rotatable bonds is 3. The monoisotopic (exact) mass is 282 g/mol. The number of pyridine rings is 1. The second-order valence-corrected chi connectivity index (χ2v) is 4.71. The lowest BCUT2D eigenvalue weighted by atomic mass is 10.2. The summed E-state index contributed by atoms with van der Waals surface area (Å²) in [6, 6.07) is 9.47. The maximum Gasteiger partial charge on any atom is 0.269 e. The average Bonchev–Trinajstić information content (AvgIpc) is 2.86. The normalized spacial score (nSPS) is 10.8. The summed E-state index contributed by atoms with van der Waals surface area (Å²) < 4.78 is 6.75. The van der Waals surface area contributed by atoms with Gasteiger partial charge >= 0.3 is 0 Å². The first-order valence-electron chi connectivity index (χ1n) is 6.40. The number of hydrogen-bond donors (Lipinski definition) is 1. The van der Waals surface area contributed by atoms with Gasteiger partial charge in [-0.05, 0) is 24.6 Å². The van der Waals surface area contributed by atoms with Crippen molar-refractivity contribution in [1.82, 2.24) is 14.8 Å². The third-order valence-corrected chi connectivity index (χ3v) is 3.23. The number of aryl methyl sites for hydroxylation is 1. The summed E-state index contributed by atoms with van der Waals surface area (Å²) in [5, 5.41) is 4.94. The van der Waals surface area contributed by atoms with Crippen LogP contribution in [0.3, 0.4) is 0 Å². The largest absolute Gasteiger partial charge is 0.481 e. The number of nitrogens with zero attached hydrogens (tertiary/aromatic N) is 3.